The Hall–Kier alpha value is -0.520. The van der Waals surface area contributed by atoms with Crippen LogP contribution in [0.25, 0.3) is 0 Å². The van der Waals surface area contributed by atoms with E-state index in [1.165, 1.54) is 32.1 Å². The molecular formula is C23H33ClO2. The van der Waals surface area contributed by atoms with Crippen molar-refractivity contribution in [2.24, 2.45) is 40.4 Å². The van der Waals surface area contributed by atoms with Crippen molar-refractivity contribution in [3.8, 4) is 11.3 Å². The molecule has 0 aromatic heterocycles. The lowest BCUT2D eigenvalue weighted by Crippen LogP contribution is -2.55. The van der Waals surface area contributed by atoms with Crippen molar-refractivity contribution >= 4 is 17.4 Å². The van der Waals surface area contributed by atoms with Crippen LogP contribution in [0.3, 0.4) is 0 Å². The summed E-state index contributed by atoms with van der Waals surface area (Å²) in [4.78, 5) is 12.2. The Bertz CT molecular complexity index is 663. The predicted molar refractivity (Wildman–Crippen MR) is 104 cm³/mol. The Kier molecular flexibility index (Phi) is 4.52. The molecule has 1 N–H and O–H groups in total. The molecule has 2 nitrogen and oxygen atoms in total. The second kappa shape index (κ2) is 6.25. The second-order valence-electron chi connectivity index (χ2n) is 10.4. The summed E-state index contributed by atoms with van der Waals surface area (Å²) in [5.74, 6) is 6.36. The number of aliphatic hydroxyl groups is 1. The monoisotopic (exact) mass is 376 g/mol. The van der Waals surface area contributed by atoms with Crippen molar-refractivity contribution in [1.29, 1.82) is 0 Å². The minimum absolute atomic E-state index is 0.232. The zero-order chi connectivity index (χ0) is 18.7. The number of hydrogen-bond donors (Lipinski definition) is 1. The first-order valence-corrected chi connectivity index (χ1v) is 11.0. The van der Waals surface area contributed by atoms with Crippen molar-refractivity contribution in [2.45, 2.75) is 84.2 Å². The van der Waals surface area contributed by atoms with Crippen LogP contribution in [-0.2, 0) is 4.79 Å². The Morgan fingerprint density at radius 2 is 1.73 bits per heavy atom. The molecule has 0 spiro atoms. The van der Waals surface area contributed by atoms with Gasteiger partial charge in [0.25, 0.3) is 0 Å². The molecule has 3 heteroatoms. The molecule has 0 aromatic carbocycles. The van der Waals surface area contributed by atoms with Crippen LogP contribution in [0.4, 0.5) is 0 Å². The number of hydrogen-bond acceptors (Lipinski definition) is 2. The summed E-state index contributed by atoms with van der Waals surface area (Å²) < 4.78 is 0. The third-order valence-electron chi connectivity index (χ3n) is 9.50. The average molecular weight is 377 g/mol. The van der Waals surface area contributed by atoms with Gasteiger partial charge in [-0.1, -0.05) is 19.8 Å². The molecule has 0 saturated heterocycles. The number of fused-ring (bicyclic) bond motifs is 5. The van der Waals surface area contributed by atoms with Crippen molar-refractivity contribution in [1.82, 2.24) is 0 Å². The predicted octanol–water partition coefficient (Wildman–Crippen LogP) is 5.17. The highest BCUT2D eigenvalue weighted by Gasteiger charge is 2.61. The van der Waals surface area contributed by atoms with E-state index in [0.717, 1.165) is 43.4 Å². The average Bonchev–Trinajstić information content (AvgIpc) is 2.93. The normalized spacial score (nSPS) is 52.9. The zero-order valence-electron chi connectivity index (χ0n) is 16.5. The number of ketones is 1. The maximum atomic E-state index is 12.2. The van der Waals surface area contributed by atoms with Crippen molar-refractivity contribution in [3.63, 3.8) is 0 Å². The van der Waals surface area contributed by atoms with Gasteiger partial charge in [0.05, 0.1) is 0 Å². The summed E-state index contributed by atoms with van der Waals surface area (Å²) in [6, 6.07) is 0. The number of halogens is 1. The van der Waals surface area contributed by atoms with Crippen molar-refractivity contribution in [2.75, 3.05) is 0 Å². The molecule has 0 aromatic rings. The van der Waals surface area contributed by atoms with Gasteiger partial charge in [0, 0.05) is 11.3 Å². The first kappa shape index (κ1) is 18.8. The fourth-order valence-electron chi connectivity index (χ4n) is 8.11. The third-order valence-corrected chi connectivity index (χ3v) is 9.59. The quantitative estimate of drug-likeness (QED) is 0.641. The maximum absolute atomic E-state index is 12.2. The minimum Gasteiger partial charge on any atom is -0.378 e. The van der Waals surface area contributed by atoms with Gasteiger partial charge in [-0.15, -0.1) is 0 Å². The van der Waals surface area contributed by atoms with Gasteiger partial charge in [0.15, 0.2) is 0 Å². The highest BCUT2D eigenvalue weighted by molar-refractivity contribution is 6.30. The molecule has 4 aliphatic rings. The van der Waals surface area contributed by atoms with Crippen LogP contribution >= 0.6 is 11.6 Å². The van der Waals surface area contributed by atoms with Crippen LogP contribution in [0.5, 0.6) is 0 Å². The van der Waals surface area contributed by atoms with E-state index in [2.05, 4.69) is 25.1 Å². The van der Waals surface area contributed by atoms with Crippen LogP contribution in [0, 0.1) is 51.7 Å². The Morgan fingerprint density at radius 3 is 2.42 bits per heavy atom. The molecule has 0 amide bonds. The number of rotatable bonds is 1. The molecule has 144 valence electrons. The van der Waals surface area contributed by atoms with Gasteiger partial charge < -0.3 is 5.11 Å². The third kappa shape index (κ3) is 2.61. The zero-order valence-corrected chi connectivity index (χ0v) is 17.2. The summed E-state index contributed by atoms with van der Waals surface area (Å²) in [7, 11) is 0. The number of carbonyl (C=O) groups is 1. The van der Waals surface area contributed by atoms with Gasteiger partial charge in [-0.05, 0) is 111 Å². The van der Waals surface area contributed by atoms with Crippen LogP contribution in [0.2, 0.25) is 0 Å². The number of Topliss-reactive ketones (excluding diaryl/α,β-unsaturated/α-hetero) is 1. The summed E-state index contributed by atoms with van der Waals surface area (Å²) >= 11 is 5.61. The summed E-state index contributed by atoms with van der Waals surface area (Å²) in [6.45, 7) is 6.71. The van der Waals surface area contributed by atoms with Crippen molar-refractivity contribution < 1.29 is 9.90 Å². The Labute approximate surface area is 163 Å². The van der Waals surface area contributed by atoms with Crippen LogP contribution in [-0.4, -0.2) is 16.5 Å². The second-order valence-corrected chi connectivity index (χ2v) is 10.6. The number of carbonyl (C=O) groups excluding carboxylic acids is 1. The molecular weight excluding hydrogens is 344 g/mol. The lowest BCUT2D eigenvalue weighted by molar-refractivity contribution is -0.144. The molecule has 4 aliphatic carbocycles. The van der Waals surface area contributed by atoms with Gasteiger partial charge in [0.2, 0.25) is 0 Å². The van der Waals surface area contributed by atoms with Gasteiger partial charge in [-0.3, -0.25) is 4.79 Å². The molecule has 4 rings (SSSR count). The fraction of sp³-hybridized carbons (Fsp3) is 0.870. The molecule has 26 heavy (non-hydrogen) atoms. The van der Waals surface area contributed by atoms with E-state index in [0.29, 0.717) is 17.1 Å². The van der Waals surface area contributed by atoms with Crippen LogP contribution in [0.1, 0.15) is 78.6 Å². The van der Waals surface area contributed by atoms with E-state index in [1.54, 1.807) is 0 Å². The van der Waals surface area contributed by atoms with Crippen LogP contribution < -0.4 is 0 Å². The van der Waals surface area contributed by atoms with E-state index in [9.17, 15) is 9.90 Å². The SMILES string of the molecule is CC(=O)[C@H]1CC[C@H]2[C@@H]3CCC4CC(O)(C#CCl)CC[C@]4(C)[C@H]3CC[C@]12C. The van der Waals surface area contributed by atoms with Crippen molar-refractivity contribution in [3.05, 3.63) is 0 Å². The summed E-state index contributed by atoms with van der Waals surface area (Å²) in [6.07, 6.45) is 9.85. The van der Waals surface area contributed by atoms with Gasteiger partial charge in [-0.2, -0.15) is 0 Å². The molecule has 0 bridgehead atoms. The molecule has 0 heterocycles. The molecule has 0 aliphatic heterocycles. The van der Waals surface area contributed by atoms with Gasteiger partial charge >= 0.3 is 0 Å². The topological polar surface area (TPSA) is 37.3 Å². The summed E-state index contributed by atoms with van der Waals surface area (Å²) in [5, 5.41) is 13.2. The fourth-order valence-corrected chi connectivity index (χ4v) is 8.29. The van der Waals surface area contributed by atoms with Gasteiger partial charge in [-0.25, -0.2) is 0 Å². The molecule has 4 fully saturated rings. The smallest absolute Gasteiger partial charge is 0.133 e. The molecule has 2 unspecified atom stereocenters. The lowest BCUT2D eigenvalue weighted by Gasteiger charge is -2.61. The van der Waals surface area contributed by atoms with E-state index in [4.69, 9.17) is 11.6 Å². The van der Waals surface area contributed by atoms with E-state index >= 15 is 0 Å². The first-order chi connectivity index (χ1) is 12.2. The van der Waals surface area contributed by atoms with E-state index in [1.807, 2.05) is 6.92 Å². The Balaban J connectivity index is 1.59. The van der Waals surface area contributed by atoms with E-state index < -0.39 is 5.60 Å². The highest BCUT2D eigenvalue weighted by atomic mass is 35.5. The molecule has 8 atom stereocenters. The van der Waals surface area contributed by atoms with Crippen LogP contribution in [0.15, 0.2) is 0 Å². The van der Waals surface area contributed by atoms with E-state index in [-0.39, 0.29) is 11.3 Å². The Morgan fingerprint density at radius 1 is 1.00 bits per heavy atom. The molecule has 4 saturated carbocycles. The standard InChI is InChI=1S/C23H33ClO2/c1-15(25)18-6-7-19-17-5-4-16-14-23(26,12-13-24)11-10-21(16,2)20(17)8-9-22(18,19)3/h16-20,26H,4-11,14H2,1-3H3/t16?,17-,18+,19-,20-,21-,22+,23?/m0/s1. The lowest BCUT2D eigenvalue weighted by atomic mass is 9.44. The van der Waals surface area contributed by atoms with Gasteiger partial charge in [0.1, 0.15) is 11.4 Å². The maximum Gasteiger partial charge on any atom is 0.133 e. The minimum atomic E-state index is -0.880. The molecule has 0 radical (unpaired) electrons. The highest BCUT2D eigenvalue weighted by Crippen LogP contribution is 2.68. The largest absolute Gasteiger partial charge is 0.378 e. The first-order valence-electron chi connectivity index (χ1n) is 10.6. The summed E-state index contributed by atoms with van der Waals surface area (Å²) in [5.41, 5.74) is -0.330.